The normalized spacial score (nSPS) is 12.9. The van der Waals surface area contributed by atoms with Gasteiger partial charge in [-0.05, 0) is 127 Å². The molecule has 63 heavy (non-hydrogen) atoms. The van der Waals surface area contributed by atoms with E-state index in [9.17, 15) is 0 Å². The first kappa shape index (κ1) is 36.6. The molecule has 1 aliphatic heterocycles. The second-order valence-corrected chi connectivity index (χ2v) is 16.4. The minimum Gasteiger partial charge on any atom is -0.310 e. The van der Waals surface area contributed by atoms with E-state index in [1.54, 1.807) is 0 Å². The maximum atomic E-state index is 2.48. The Labute approximate surface area is 369 Å². The van der Waals surface area contributed by atoms with E-state index in [0.29, 0.717) is 0 Å². The summed E-state index contributed by atoms with van der Waals surface area (Å²) in [7, 11) is 0. The molecule has 10 aromatic rings. The first-order valence-electron chi connectivity index (χ1n) is 21.8. The number of fused-ring (bicyclic) bond motifs is 9. The summed E-state index contributed by atoms with van der Waals surface area (Å²) < 4.78 is 0. The van der Waals surface area contributed by atoms with E-state index in [-0.39, 0.29) is 0 Å². The fraction of sp³-hybridized carbons (Fsp3) is 0.0164. The van der Waals surface area contributed by atoms with Crippen molar-refractivity contribution in [2.24, 2.45) is 0 Å². The number of rotatable bonds is 7. The van der Waals surface area contributed by atoms with Crippen LogP contribution in [0.15, 0.2) is 255 Å². The van der Waals surface area contributed by atoms with Gasteiger partial charge in [0.2, 0.25) is 0 Å². The summed E-state index contributed by atoms with van der Waals surface area (Å²) in [6.07, 6.45) is 0. The molecule has 0 fully saturated rings. The van der Waals surface area contributed by atoms with Gasteiger partial charge in [0, 0.05) is 22.7 Å². The van der Waals surface area contributed by atoms with Crippen molar-refractivity contribution < 1.29 is 0 Å². The van der Waals surface area contributed by atoms with Crippen LogP contribution in [0.3, 0.4) is 0 Å². The molecule has 0 radical (unpaired) electrons. The molecular formula is C61H42N2. The van der Waals surface area contributed by atoms with Crippen molar-refractivity contribution in [1.82, 2.24) is 0 Å². The van der Waals surface area contributed by atoms with Crippen LogP contribution in [-0.2, 0) is 5.41 Å². The maximum absolute atomic E-state index is 2.48. The lowest BCUT2D eigenvalue weighted by Gasteiger charge is -2.45. The summed E-state index contributed by atoms with van der Waals surface area (Å²) >= 11 is 0. The van der Waals surface area contributed by atoms with Crippen LogP contribution in [0.4, 0.5) is 34.1 Å². The van der Waals surface area contributed by atoms with Crippen LogP contribution in [0.5, 0.6) is 0 Å². The molecule has 2 aliphatic rings. The molecule has 1 spiro atoms. The molecule has 0 saturated heterocycles. The Morgan fingerprint density at radius 3 is 1.25 bits per heavy atom. The molecule has 10 aromatic carbocycles. The highest BCUT2D eigenvalue weighted by Gasteiger charge is 2.51. The predicted octanol–water partition coefficient (Wildman–Crippen LogP) is 16.3. The second kappa shape index (κ2) is 15.1. The molecule has 12 rings (SSSR count). The van der Waals surface area contributed by atoms with Gasteiger partial charge < -0.3 is 9.80 Å². The van der Waals surface area contributed by atoms with Crippen molar-refractivity contribution >= 4 is 34.1 Å². The SMILES string of the molecule is c1ccc(-c2ccc(N(c3ccc(-c4ccccc4-c4ccccc4)cc3)c3ccc4c(c3)C3(c5ccccc5-4)c4ccccc4N(c4ccccc4)c4ccccc43)cc2)cc1. The molecule has 0 aromatic heterocycles. The third kappa shape index (κ3) is 5.87. The summed E-state index contributed by atoms with van der Waals surface area (Å²) in [5.74, 6) is 0. The van der Waals surface area contributed by atoms with Gasteiger partial charge in [0.1, 0.15) is 0 Å². The number of nitrogens with zero attached hydrogens (tertiary/aromatic N) is 2. The number of hydrogen-bond donors (Lipinski definition) is 0. The van der Waals surface area contributed by atoms with E-state index in [4.69, 9.17) is 0 Å². The zero-order valence-corrected chi connectivity index (χ0v) is 34.6. The predicted molar refractivity (Wildman–Crippen MR) is 263 cm³/mol. The highest BCUT2D eigenvalue weighted by atomic mass is 15.2. The number of anilines is 6. The van der Waals surface area contributed by atoms with Crippen molar-refractivity contribution in [3.63, 3.8) is 0 Å². The van der Waals surface area contributed by atoms with E-state index in [0.717, 1.165) is 22.7 Å². The summed E-state index contributed by atoms with van der Waals surface area (Å²) in [4.78, 5) is 4.87. The van der Waals surface area contributed by atoms with Crippen LogP contribution >= 0.6 is 0 Å². The minimum absolute atomic E-state index is 0.561. The van der Waals surface area contributed by atoms with Crippen molar-refractivity contribution in [2.75, 3.05) is 9.80 Å². The lowest BCUT2D eigenvalue weighted by Crippen LogP contribution is -2.36. The third-order valence-electron chi connectivity index (χ3n) is 13.1. The van der Waals surface area contributed by atoms with Gasteiger partial charge in [-0.3, -0.25) is 0 Å². The first-order chi connectivity index (χ1) is 31.3. The second-order valence-electron chi connectivity index (χ2n) is 16.4. The topological polar surface area (TPSA) is 6.48 Å². The molecule has 0 unspecified atom stereocenters. The molecule has 0 N–H and O–H groups in total. The van der Waals surface area contributed by atoms with Crippen LogP contribution in [0.1, 0.15) is 22.3 Å². The van der Waals surface area contributed by atoms with Crippen LogP contribution in [0.2, 0.25) is 0 Å². The standard InChI is InChI=1S/C61H42N2/c1-4-18-43(19-5-1)44-32-36-48(37-33-44)62(49-38-34-46(35-39-49)52-25-11-10-24-51(52)45-20-6-2-7-21-45)50-40-41-54-53-26-12-13-27-55(53)61(58(54)42-50)56-28-14-16-30-59(56)63(47-22-8-3-9-23-47)60-31-17-15-29-57(60)61/h1-42H. The van der Waals surface area contributed by atoms with Gasteiger partial charge >= 0.3 is 0 Å². The number of benzene rings is 10. The molecule has 2 heteroatoms. The van der Waals surface area contributed by atoms with Crippen molar-refractivity contribution in [3.05, 3.63) is 277 Å². The first-order valence-corrected chi connectivity index (χ1v) is 21.8. The molecule has 2 nitrogen and oxygen atoms in total. The Balaban J connectivity index is 1.06. The van der Waals surface area contributed by atoms with Crippen molar-refractivity contribution in [1.29, 1.82) is 0 Å². The third-order valence-corrected chi connectivity index (χ3v) is 13.1. The maximum Gasteiger partial charge on any atom is 0.0755 e. The van der Waals surface area contributed by atoms with Crippen LogP contribution in [0, 0.1) is 0 Å². The average molecular weight is 803 g/mol. The molecular weight excluding hydrogens is 761 g/mol. The van der Waals surface area contributed by atoms with Gasteiger partial charge in [0.05, 0.1) is 16.8 Å². The van der Waals surface area contributed by atoms with Gasteiger partial charge in [0.25, 0.3) is 0 Å². The summed E-state index contributed by atoms with van der Waals surface area (Å²) in [5.41, 5.74) is 21.2. The van der Waals surface area contributed by atoms with Gasteiger partial charge in [-0.1, -0.05) is 194 Å². The van der Waals surface area contributed by atoms with Gasteiger partial charge in [-0.25, -0.2) is 0 Å². The smallest absolute Gasteiger partial charge is 0.0755 e. The lowest BCUT2D eigenvalue weighted by molar-refractivity contribution is 0.752. The molecule has 0 atom stereocenters. The monoisotopic (exact) mass is 802 g/mol. The fourth-order valence-electron chi connectivity index (χ4n) is 10.4. The van der Waals surface area contributed by atoms with Gasteiger partial charge in [0.15, 0.2) is 0 Å². The lowest BCUT2D eigenvalue weighted by atomic mass is 9.64. The quantitative estimate of drug-likeness (QED) is 0.158. The Bertz CT molecular complexity index is 3220. The molecule has 1 aliphatic carbocycles. The van der Waals surface area contributed by atoms with E-state index in [1.165, 1.54) is 78.1 Å². The van der Waals surface area contributed by atoms with Crippen LogP contribution < -0.4 is 9.80 Å². The summed E-state index contributed by atoms with van der Waals surface area (Å²) in [6, 6.07) is 93.2. The van der Waals surface area contributed by atoms with Crippen LogP contribution in [0.25, 0.3) is 44.5 Å². The number of hydrogen-bond acceptors (Lipinski definition) is 2. The van der Waals surface area contributed by atoms with Crippen LogP contribution in [-0.4, -0.2) is 0 Å². The van der Waals surface area contributed by atoms with Crippen molar-refractivity contribution in [3.8, 4) is 44.5 Å². The van der Waals surface area contributed by atoms with E-state index >= 15 is 0 Å². The minimum atomic E-state index is -0.561. The molecule has 0 bridgehead atoms. The Hall–Kier alpha value is -8.20. The Kier molecular flexibility index (Phi) is 8.76. The van der Waals surface area contributed by atoms with Gasteiger partial charge in [-0.2, -0.15) is 0 Å². The Morgan fingerprint density at radius 2 is 0.667 bits per heavy atom. The Morgan fingerprint density at radius 1 is 0.270 bits per heavy atom. The summed E-state index contributed by atoms with van der Waals surface area (Å²) in [6.45, 7) is 0. The molecule has 296 valence electrons. The highest BCUT2D eigenvalue weighted by Crippen LogP contribution is 2.64. The fourth-order valence-corrected chi connectivity index (χ4v) is 10.4. The van der Waals surface area contributed by atoms with Gasteiger partial charge in [-0.15, -0.1) is 0 Å². The summed E-state index contributed by atoms with van der Waals surface area (Å²) in [5, 5.41) is 0. The zero-order valence-electron chi connectivity index (χ0n) is 34.6. The van der Waals surface area contributed by atoms with Crippen molar-refractivity contribution in [2.45, 2.75) is 5.41 Å². The zero-order chi connectivity index (χ0) is 41.7. The largest absolute Gasteiger partial charge is 0.310 e. The highest BCUT2D eigenvalue weighted by molar-refractivity contribution is 5.97. The van der Waals surface area contributed by atoms with E-state index < -0.39 is 5.41 Å². The molecule has 0 amide bonds. The number of para-hydroxylation sites is 3. The average Bonchev–Trinajstić information content (AvgIpc) is 3.65. The molecule has 0 saturated carbocycles. The molecule has 1 heterocycles. The van der Waals surface area contributed by atoms with E-state index in [2.05, 4.69) is 265 Å². The van der Waals surface area contributed by atoms with E-state index in [1.807, 2.05) is 0 Å².